The minimum Gasteiger partial charge on any atom is -0.481 e. The summed E-state index contributed by atoms with van der Waals surface area (Å²) in [6.45, 7) is 24.3. The number of allylic oxidation sites excluding steroid dienone is 1. The summed E-state index contributed by atoms with van der Waals surface area (Å²) >= 11 is 0. The normalized spacial score (nSPS) is 45.7. The van der Waals surface area contributed by atoms with Crippen molar-refractivity contribution in [3.05, 3.63) is 18.0 Å². The Morgan fingerprint density at radius 2 is 1.85 bits per heavy atom. The van der Waals surface area contributed by atoms with Gasteiger partial charge < -0.3 is 20.3 Å². The fourth-order valence-corrected chi connectivity index (χ4v) is 11.9. The molecule has 0 spiro atoms. The Labute approximate surface area is 276 Å². The zero-order valence-corrected chi connectivity index (χ0v) is 30.2. The van der Waals surface area contributed by atoms with Gasteiger partial charge in [-0.05, 0) is 96.5 Å². The number of ether oxygens (including phenoxy) is 2. The highest BCUT2D eigenvalue weighted by atomic mass is 16.5. The number of tetrazole rings is 1. The van der Waals surface area contributed by atoms with Crippen LogP contribution < -0.4 is 5.73 Å². The van der Waals surface area contributed by atoms with E-state index in [0.717, 1.165) is 38.5 Å². The Morgan fingerprint density at radius 1 is 1.13 bits per heavy atom. The molecule has 1 aromatic rings. The predicted molar refractivity (Wildman–Crippen MR) is 178 cm³/mol. The predicted octanol–water partition coefficient (Wildman–Crippen LogP) is 6.56. The summed E-state index contributed by atoms with van der Waals surface area (Å²) in [6.07, 6.45) is 9.58. The summed E-state index contributed by atoms with van der Waals surface area (Å²) in [7, 11) is 0. The van der Waals surface area contributed by atoms with Gasteiger partial charge in [-0.3, -0.25) is 4.79 Å². The largest absolute Gasteiger partial charge is 0.481 e. The van der Waals surface area contributed by atoms with Gasteiger partial charge in [-0.1, -0.05) is 74.0 Å². The SMILES string of the molecule is CC(C)[C@@H](C)[C@@]1(C)CC[C@]2(C)[C@H]3CC[C@@H]4[C@@]5(COC[C@]4(C)[C@@H](OCC(C)(N)C(C)C)[C@H](n4ncnn4)C5)C3=CC[C@@]2(C)[C@@H]1C(=O)O. The Morgan fingerprint density at radius 3 is 2.46 bits per heavy atom. The van der Waals surface area contributed by atoms with E-state index >= 15 is 0 Å². The molecule has 258 valence electrons. The Hall–Kier alpha value is -1.84. The van der Waals surface area contributed by atoms with Gasteiger partial charge in [-0.25, -0.2) is 0 Å². The van der Waals surface area contributed by atoms with Crippen LogP contribution in [0, 0.1) is 62.6 Å². The Kier molecular flexibility index (Phi) is 8.21. The van der Waals surface area contributed by atoms with Crippen LogP contribution in [0.1, 0.15) is 114 Å². The van der Waals surface area contributed by atoms with E-state index in [1.165, 1.54) is 11.9 Å². The molecule has 4 fully saturated rings. The Balaban J connectivity index is 1.43. The third-order valence-electron chi connectivity index (χ3n) is 15.6. The van der Waals surface area contributed by atoms with Gasteiger partial charge in [0.2, 0.25) is 0 Å². The molecule has 1 saturated heterocycles. The van der Waals surface area contributed by atoms with Gasteiger partial charge in [0, 0.05) is 16.4 Å². The van der Waals surface area contributed by atoms with Crippen LogP contribution in [0.25, 0.3) is 0 Å². The number of nitrogens with zero attached hydrogens (tertiary/aromatic N) is 4. The first-order valence-corrected chi connectivity index (χ1v) is 18.0. The van der Waals surface area contributed by atoms with Crippen molar-refractivity contribution in [3.8, 4) is 0 Å². The molecule has 1 unspecified atom stereocenters. The quantitative estimate of drug-likeness (QED) is 0.306. The maximum Gasteiger partial charge on any atom is 0.307 e. The van der Waals surface area contributed by atoms with E-state index in [4.69, 9.17) is 15.2 Å². The first-order valence-electron chi connectivity index (χ1n) is 18.0. The average Bonchev–Trinajstić information content (AvgIpc) is 3.51. The van der Waals surface area contributed by atoms with Crippen molar-refractivity contribution in [1.29, 1.82) is 0 Å². The summed E-state index contributed by atoms with van der Waals surface area (Å²) in [4.78, 5) is 15.2. The molecule has 9 nitrogen and oxygen atoms in total. The fourth-order valence-electron chi connectivity index (χ4n) is 11.9. The zero-order chi connectivity index (χ0) is 33.7. The Bertz CT molecular complexity index is 1340. The number of aromatic nitrogens is 4. The average molecular weight is 640 g/mol. The molecule has 3 N–H and O–H groups in total. The zero-order valence-electron chi connectivity index (χ0n) is 30.2. The molecule has 2 heterocycles. The molecule has 0 radical (unpaired) electrons. The second-order valence-electron chi connectivity index (χ2n) is 18.3. The van der Waals surface area contributed by atoms with Crippen LogP contribution >= 0.6 is 0 Å². The van der Waals surface area contributed by atoms with E-state index in [0.29, 0.717) is 43.5 Å². The maximum absolute atomic E-state index is 13.4. The van der Waals surface area contributed by atoms with Crippen LogP contribution in [0.15, 0.2) is 18.0 Å². The highest BCUT2D eigenvalue weighted by molar-refractivity contribution is 5.73. The molecule has 1 aromatic heterocycles. The first kappa shape index (κ1) is 34.0. The van der Waals surface area contributed by atoms with E-state index in [1.54, 1.807) is 4.80 Å². The van der Waals surface area contributed by atoms with Crippen molar-refractivity contribution in [2.45, 2.75) is 125 Å². The fraction of sp³-hybridized carbons (Fsp3) is 0.892. The van der Waals surface area contributed by atoms with E-state index in [-0.39, 0.29) is 45.1 Å². The van der Waals surface area contributed by atoms with Gasteiger partial charge in [0.1, 0.15) is 6.04 Å². The molecule has 1 aliphatic heterocycles. The standard InChI is InChI=1S/C37H61N5O4/c1-22(2)24(5)32(6)15-16-34(8)25-11-12-28-33(7)18-45-20-37(28,26(25)13-14-35(34,9)29(32)31(43)44)17-27(42-40-21-39-41-42)30(33)46-19-36(10,38)23(3)4/h13,21-25,27-30H,11-12,14-20,38H2,1-10H3,(H,43,44)/t24-,25+,27-,28+,29-,30+,32-,33+,34-,35+,36?,37+/m1/s1. The third-order valence-corrected chi connectivity index (χ3v) is 15.6. The highest BCUT2D eigenvalue weighted by Crippen LogP contribution is 2.75. The van der Waals surface area contributed by atoms with Crippen molar-refractivity contribution >= 4 is 5.97 Å². The maximum atomic E-state index is 13.4. The minimum absolute atomic E-state index is 0.107. The van der Waals surface area contributed by atoms with Gasteiger partial charge in [0.05, 0.1) is 31.8 Å². The number of aliphatic carboxylic acids is 1. The molecule has 0 amide bonds. The first-order chi connectivity index (χ1) is 21.4. The van der Waals surface area contributed by atoms with Crippen molar-refractivity contribution in [1.82, 2.24) is 20.2 Å². The molecule has 6 rings (SSSR count). The minimum atomic E-state index is -0.621. The molecule has 2 bridgehead atoms. The van der Waals surface area contributed by atoms with Gasteiger partial charge in [0.25, 0.3) is 0 Å². The number of carboxylic acids is 1. The van der Waals surface area contributed by atoms with Gasteiger partial charge in [-0.15, -0.1) is 10.2 Å². The van der Waals surface area contributed by atoms with E-state index in [1.807, 2.05) is 0 Å². The van der Waals surface area contributed by atoms with E-state index in [9.17, 15) is 9.90 Å². The second kappa shape index (κ2) is 11.1. The summed E-state index contributed by atoms with van der Waals surface area (Å²) in [6, 6.07) is -0.107. The molecule has 9 heteroatoms. The van der Waals surface area contributed by atoms with E-state index < -0.39 is 17.4 Å². The topological polar surface area (TPSA) is 125 Å². The molecule has 3 saturated carbocycles. The highest BCUT2D eigenvalue weighted by Gasteiger charge is 2.72. The van der Waals surface area contributed by atoms with Gasteiger partial charge in [-0.2, -0.15) is 4.80 Å². The number of hydrogen-bond acceptors (Lipinski definition) is 7. The van der Waals surface area contributed by atoms with Crippen molar-refractivity contribution in [2.75, 3.05) is 19.8 Å². The summed E-state index contributed by atoms with van der Waals surface area (Å²) in [5.74, 6) is 0.676. The van der Waals surface area contributed by atoms with Crippen LogP contribution in [0.5, 0.6) is 0 Å². The van der Waals surface area contributed by atoms with Crippen LogP contribution in [0.3, 0.4) is 0 Å². The number of carbonyl (C=O) groups is 1. The van der Waals surface area contributed by atoms with Gasteiger partial charge in [0.15, 0.2) is 6.33 Å². The summed E-state index contributed by atoms with van der Waals surface area (Å²) in [5.41, 5.74) is 6.61. The molecule has 5 aliphatic rings. The third kappa shape index (κ3) is 4.56. The van der Waals surface area contributed by atoms with Crippen LogP contribution in [0.2, 0.25) is 0 Å². The van der Waals surface area contributed by atoms with Crippen LogP contribution in [-0.4, -0.2) is 62.7 Å². The molecule has 0 aromatic carbocycles. The van der Waals surface area contributed by atoms with Crippen molar-refractivity contribution in [3.63, 3.8) is 0 Å². The number of hydrogen-bond donors (Lipinski definition) is 2. The molecule has 46 heavy (non-hydrogen) atoms. The lowest BCUT2D eigenvalue weighted by Gasteiger charge is -2.71. The monoisotopic (exact) mass is 639 g/mol. The number of fused-ring (bicyclic) bond motifs is 3. The van der Waals surface area contributed by atoms with Crippen LogP contribution in [-0.2, 0) is 14.3 Å². The summed E-state index contributed by atoms with van der Waals surface area (Å²) in [5, 5.41) is 24.2. The lowest BCUT2D eigenvalue weighted by atomic mass is 9.34. The number of nitrogens with two attached hydrogens (primary N) is 1. The molecule has 4 aliphatic carbocycles. The van der Waals surface area contributed by atoms with Gasteiger partial charge >= 0.3 is 5.97 Å². The number of rotatable bonds is 8. The smallest absolute Gasteiger partial charge is 0.307 e. The molecule has 12 atom stereocenters. The number of carboxylic acid groups (broad SMARTS) is 1. The molecular weight excluding hydrogens is 578 g/mol. The second-order valence-corrected chi connectivity index (χ2v) is 18.3. The van der Waals surface area contributed by atoms with Crippen molar-refractivity contribution < 1.29 is 19.4 Å². The summed E-state index contributed by atoms with van der Waals surface area (Å²) < 4.78 is 13.6. The lowest BCUT2D eigenvalue weighted by molar-refractivity contribution is -0.253. The van der Waals surface area contributed by atoms with Crippen molar-refractivity contribution in [2.24, 2.45) is 68.3 Å². The molecular formula is C37H61N5O4. The van der Waals surface area contributed by atoms with E-state index in [2.05, 4.69) is 90.7 Å². The van der Waals surface area contributed by atoms with Crippen LogP contribution in [0.4, 0.5) is 0 Å². The lowest BCUT2D eigenvalue weighted by Crippen LogP contribution is -2.69.